The highest BCUT2D eigenvalue weighted by Gasteiger charge is 2.34. The van der Waals surface area contributed by atoms with E-state index < -0.39 is 12.1 Å². The van der Waals surface area contributed by atoms with Crippen molar-refractivity contribution in [3.8, 4) is 23.1 Å². The maximum Gasteiger partial charge on any atom is 0.573 e. The number of pyridine rings is 1. The maximum atomic E-state index is 12.7. The van der Waals surface area contributed by atoms with Gasteiger partial charge >= 0.3 is 12.2 Å². The summed E-state index contributed by atoms with van der Waals surface area (Å²) < 4.78 is 47.7. The zero-order valence-electron chi connectivity index (χ0n) is 14.6. The van der Waals surface area contributed by atoms with Crippen LogP contribution in [0.3, 0.4) is 0 Å². The van der Waals surface area contributed by atoms with Crippen LogP contribution in [-0.2, 0) is 4.89 Å². The first-order chi connectivity index (χ1) is 13.0. The highest BCUT2D eigenvalue weighted by Crippen LogP contribution is 2.41. The SMILES string of the molecule is FC(F)(F)Oc1ccnc(OOCC2CCCCC2)c1Oc1ccccc1. The van der Waals surface area contributed by atoms with Crippen LogP contribution in [-0.4, -0.2) is 18.0 Å². The Morgan fingerprint density at radius 2 is 1.74 bits per heavy atom. The topological polar surface area (TPSA) is 49.8 Å². The lowest BCUT2D eigenvalue weighted by molar-refractivity contribution is -0.275. The summed E-state index contributed by atoms with van der Waals surface area (Å²) in [5, 5.41) is 0. The Kier molecular flexibility index (Phi) is 6.39. The van der Waals surface area contributed by atoms with Gasteiger partial charge < -0.3 is 14.4 Å². The van der Waals surface area contributed by atoms with Gasteiger partial charge in [0.05, 0.1) is 6.61 Å². The molecule has 5 nitrogen and oxygen atoms in total. The fourth-order valence-electron chi connectivity index (χ4n) is 2.92. The monoisotopic (exact) mass is 383 g/mol. The second-order valence-corrected chi connectivity index (χ2v) is 6.28. The molecular formula is C19H20F3NO4. The van der Waals surface area contributed by atoms with Gasteiger partial charge in [0, 0.05) is 12.3 Å². The Morgan fingerprint density at radius 3 is 2.44 bits per heavy atom. The molecule has 0 amide bonds. The maximum absolute atomic E-state index is 12.7. The van der Waals surface area contributed by atoms with Crippen LogP contribution in [0.1, 0.15) is 32.1 Å². The predicted octanol–water partition coefficient (Wildman–Crippen LogP) is 5.66. The minimum atomic E-state index is -4.88. The third-order valence-electron chi connectivity index (χ3n) is 4.19. The fraction of sp³-hybridized carbons (Fsp3) is 0.421. The Morgan fingerprint density at radius 1 is 1.00 bits per heavy atom. The summed E-state index contributed by atoms with van der Waals surface area (Å²) in [5.74, 6) is -0.403. The first-order valence-electron chi connectivity index (χ1n) is 8.78. The summed E-state index contributed by atoms with van der Waals surface area (Å²) in [7, 11) is 0. The molecule has 0 saturated heterocycles. The number of hydrogen-bond acceptors (Lipinski definition) is 5. The van der Waals surface area contributed by atoms with Crippen LogP contribution < -0.4 is 14.4 Å². The van der Waals surface area contributed by atoms with Crippen LogP contribution in [0, 0.1) is 5.92 Å². The van der Waals surface area contributed by atoms with Gasteiger partial charge in [-0.1, -0.05) is 37.5 Å². The average Bonchev–Trinajstić information content (AvgIpc) is 2.65. The third kappa shape index (κ3) is 6.02. The number of para-hydroxylation sites is 1. The van der Waals surface area contributed by atoms with Gasteiger partial charge in [0.1, 0.15) is 5.75 Å². The summed E-state index contributed by atoms with van der Waals surface area (Å²) in [6.07, 6.45) is 1.84. The van der Waals surface area contributed by atoms with Crippen molar-refractivity contribution in [3.05, 3.63) is 42.6 Å². The van der Waals surface area contributed by atoms with Crippen molar-refractivity contribution in [1.82, 2.24) is 4.98 Å². The van der Waals surface area contributed by atoms with Gasteiger partial charge in [-0.3, -0.25) is 0 Å². The van der Waals surface area contributed by atoms with Crippen molar-refractivity contribution >= 4 is 0 Å². The normalized spacial score (nSPS) is 15.4. The average molecular weight is 383 g/mol. The van der Waals surface area contributed by atoms with Gasteiger partial charge in [-0.25, -0.2) is 4.98 Å². The standard InChI is InChI=1S/C19H20F3NO4/c20-19(21,22)26-16-11-12-23-18(17(16)25-15-9-5-2-6-10-15)27-24-13-14-7-3-1-4-8-14/h2,5-6,9-12,14H,1,3-4,7-8,13H2. The largest absolute Gasteiger partial charge is 0.573 e. The second kappa shape index (κ2) is 8.94. The quantitative estimate of drug-likeness (QED) is 0.456. The van der Waals surface area contributed by atoms with Crippen LogP contribution in [0.2, 0.25) is 0 Å². The number of alkyl halides is 3. The van der Waals surface area contributed by atoms with E-state index in [4.69, 9.17) is 14.5 Å². The number of ether oxygens (including phenoxy) is 2. The minimum absolute atomic E-state index is 0.226. The molecule has 0 spiro atoms. The first-order valence-corrected chi connectivity index (χ1v) is 8.78. The van der Waals surface area contributed by atoms with E-state index in [-0.39, 0.29) is 11.6 Å². The Hall–Kier alpha value is -2.48. The molecule has 1 aromatic heterocycles. The van der Waals surface area contributed by atoms with Gasteiger partial charge in [-0.15, -0.1) is 13.2 Å². The highest BCUT2D eigenvalue weighted by molar-refractivity contribution is 5.49. The molecule has 146 valence electrons. The van der Waals surface area contributed by atoms with Crippen LogP contribution in [0.5, 0.6) is 23.1 Å². The lowest BCUT2D eigenvalue weighted by Gasteiger charge is -2.21. The molecule has 1 heterocycles. The Labute approximate surface area is 155 Å². The summed E-state index contributed by atoms with van der Waals surface area (Å²) in [6, 6.07) is 9.38. The smallest absolute Gasteiger partial charge is 0.448 e. The molecule has 0 bridgehead atoms. The minimum Gasteiger partial charge on any atom is -0.448 e. The molecule has 1 aliphatic rings. The molecule has 8 heteroatoms. The second-order valence-electron chi connectivity index (χ2n) is 6.28. The lowest BCUT2D eigenvalue weighted by Crippen LogP contribution is -2.18. The van der Waals surface area contributed by atoms with Crippen molar-refractivity contribution in [3.63, 3.8) is 0 Å². The van der Waals surface area contributed by atoms with E-state index >= 15 is 0 Å². The van der Waals surface area contributed by atoms with Gasteiger partial charge in [0.15, 0.2) is 5.75 Å². The summed E-state index contributed by atoms with van der Waals surface area (Å²) in [4.78, 5) is 14.4. The number of rotatable bonds is 7. The molecular weight excluding hydrogens is 363 g/mol. The third-order valence-corrected chi connectivity index (χ3v) is 4.19. The van der Waals surface area contributed by atoms with Crippen molar-refractivity contribution in [2.24, 2.45) is 5.92 Å². The van der Waals surface area contributed by atoms with Gasteiger partial charge in [0.25, 0.3) is 0 Å². The summed E-state index contributed by atoms with van der Waals surface area (Å²) >= 11 is 0. The van der Waals surface area contributed by atoms with Crippen molar-refractivity contribution in [2.45, 2.75) is 38.5 Å². The molecule has 1 aromatic carbocycles. The van der Waals surface area contributed by atoms with Gasteiger partial charge in [0.2, 0.25) is 5.75 Å². The van der Waals surface area contributed by atoms with E-state index in [0.717, 1.165) is 37.9 Å². The van der Waals surface area contributed by atoms with Crippen LogP contribution in [0.25, 0.3) is 0 Å². The van der Waals surface area contributed by atoms with Crippen LogP contribution in [0.15, 0.2) is 42.6 Å². The Balaban J connectivity index is 1.75. The van der Waals surface area contributed by atoms with E-state index in [9.17, 15) is 13.2 Å². The van der Waals surface area contributed by atoms with Crippen LogP contribution >= 0.6 is 0 Å². The molecule has 27 heavy (non-hydrogen) atoms. The Bertz CT molecular complexity index is 719. The zero-order valence-corrected chi connectivity index (χ0v) is 14.6. The number of benzene rings is 1. The van der Waals surface area contributed by atoms with Crippen molar-refractivity contribution < 1.29 is 32.4 Å². The first kappa shape index (κ1) is 19.3. The molecule has 0 unspecified atom stereocenters. The molecule has 1 aliphatic carbocycles. The van der Waals surface area contributed by atoms with E-state index in [2.05, 4.69) is 9.72 Å². The van der Waals surface area contributed by atoms with E-state index in [0.29, 0.717) is 18.3 Å². The molecule has 0 aliphatic heterocycles. The molecule has 2 aromatic rings. The number of aromatic nitrogens is 1. The molecule has 0 atom stereocenters. The zero-order chi connectivity index (χ0) is 19.1. The summed E-state index contributed by atoms with van der Waals surface area (Å²) in [5.41, 5.74) is 0. The molecule has 1 saturated carbocycles. The lowest BCUT2D eigenvalue weighted by atomic mass is 9.90. The molecule has 3 rings (SSSR count). The summed E-state index contributed by atoms with van der Waals surface area (Å²) in [6.45, 7) is 0.344. The van der Waals surface area contributed by atoms with E-state index in [1.807, 2.05) is 0 Å². The number of nitrogens with zero attached hydrogens (tertiary/aromatic N) is 1. The van der Waals surface area contributed by atoms with E-state index in [1.54, 1.807) is 30.3 Å². The predicted molar refractivity (Wildman–Crippen MR) is 90.6 cm³/mol. The number of halogens is 3. The van der Waals surface area contributed by atoms with E-state index in [1.165, 1.54) is 6.42 Å². The fourth-order valence-corrected chi connectivity index (χ4v) is 2.92. The van der Waals surface area contributed by atoms with Gasteiger partial charge in [-0.05, 0) is 30.9 Å². The van der Waals surface area contributed by atoms with Crippen LogP contribution in [0.4, 0.5) is 13.2 Å². The highest BCUT2D eigenvalue weighted by atomic mass is 19.4. The number of hydrogen-bond donors (Lipinski definition) is 0. The molecule has 0 N–H and O–H groups in total. The molecule has 1 fully saturated rings. The van der Waals surface area contributed by atoms with Crippen molar-refractivity contribution in [1.29, 1.82) is 0 Å². The van der Waals surface area contributed by atoms with Gasteiger partial charge in [-0.2, -0.15) is 4.89 Å². The molecule has 0 radical (unpaired) electrons. The van der Waals surface area contributed by atoms with Crippen molar-refractivity contribution in [2.75, 3.05) is 6.61 Å².